The lowest BCUT2D eigenvalue weighted by Crippen LogP contribution is -2.40. The molecule has 1 unspecified atom stereocenters. The SMILES string of the molecule is CC(CC1CC1)N1CCC(=O)CC1. The third kappa shape index (κ3) is 2.53. The van der Waals surface area contributed by atoms with E-state index in [-0.39, 0.29) is 0 Å². The maximum atomic E-state index is 11.0. The highest BCUT2D eigenvalue weighted by molar-refractivity contribution is 5.79. The molecule has 0 N–H and O–H groups in total. The number of Topliss-reactive ketones (excluding diaryl/α,β-unsaturated/α-hetero) is 1. The molecule has 0 radical (unpaired) electrons. The molecule has 13 heavy (non-hydrogen) atoms. The standard InChI is InChI=1S/C11H19NO/c1-9(8-10-2-3-10)12-6-4-11(13)5-7-12/h9-10H,2-8H2,1H3. The van der Waals surface area contributed by atoms with Crippen LogP contribution in [0.2, 0.25) is 0 Å². The van der Waals surface area contributed by atoms with E-state index in [1.54, 1.807) is 0 Å². The van der Waals surface area contributed by atoms with Crippen LogP contribution < -0.4 is 0 Å². The molecule has 0 amide bonds. The van der Waals surface area contributed by atoms with Gasteiger partial charge in [-0.05, 0) is 19.3 Å². The average molecular weight is 181 g/mol. The fraction of sp³-hybridized carbons (Fsp3) is 0.909. The Bertz CT molecular complexity index is 188. The second kappa shape index (κ2) is 3.79. The van der Waals surface area contributed by atoms with Gasteiger partial charge in [-0.25, -0.2) is 0 Å². The van der Waals surface area contributed by atoms with E-state index in [4.69, 9.17) is 0 Å². The lowest BCUT2D eigenvalue weighted by molar-refractivity contribution is -0.121. The fourth-order valence-corrected chi connectivity index (χ4v) is 2.20. The molecule has 0 aromatic carbocycles. The van der Waals surface area contributed by atoms with Gasteiger partial charge in [0.15, 0.2) is 0 Å². The summed E-state index contributed by atoms with van der Waals surface area (Å²) in [6.45, 7) is 4.33. The summed E-state index contributed by atoms with van der Waals surface area (Å²) in [6, 6.07) is 0.709. The highest BCUT2D eigenvalue weighted by Gasteiger charge is 2.27. The highest BCUT2D eigenvalue weighted by atomic mass is 16.1. The minimum absolute atomic E-state index is 0.454. The Morgan fingerprint density at radius 1 is 1.38 bits per heavy atom. The summed E-state index contributed by atoms with van der Waals surface area (Å²) in [5, 5.41) is 0. The molecule has 2 nitrogen and oxygen atoms in total. The lowest BCUT2D eigenvalue weighted by Gasteiger charge is -2.31. The molecule has 74 valence electrons. The molecule has 1 atom stereocenters. The molecule has 0 bridgehead atoms. The molecule has 2 heteroatoms. The van der Waals surface area contributed by atoms with Crippen LogP contribution in [-0.2, 0) is 4.79 Å². The van der Waals surface area contributed by atoms with Gasteiger partial charge in [0.25, 0.3) is 0 Å². The molecule has 0 aromatic rings. The number of carbonyl (C=O) groups excluding carboxylic acids is 1. The summed E-state index contributed by atoms with van der Waals surface area (Å²) in [4.78, 5) is 13.5. The highest BCUT2D eigenvalue weighted by Crippen LogP contribution is 2.34. The molecule has 0 aromatic heterocycles. The van der Waals surface area contributed by atoms with Crippen LogP contribution in [0.5, 0.6) is 0 Å². The van der Waals surface area contributed by atoms with Gasteiger partial charge in [0, 0.05) is 32.0 Å². The van der Waals surface area contributed by atoms with E-state index in [9.17, 15) is 4.79 Å². The zero-order chi connectivity index (χ0) is 9.26. The second-order valence-electron chi connectivity index (χ2n) is 4.60. The first-order valence-electron chi connectivity index (χ1n) is 5.51. The largest absolute Gasteiger partial charge is 0.300 e. The summed E-state index contributed by atoms with van der Waals surface area (Å²) >= 11 is 0. The Morgan fingerprint density at radius 3 is 2.54 bits per heavy atom. The zero-order valence-corrected chi connectivity index (χ0v) is 8.46. The number of ketones is 1. The number of nitrogens with zero attached hydrogens (tertiary/aromatic N) is 1. The van der Waals surface area contributed by atoms with Crippen molar-refractivity contribution in [3.63, 3.8) is 0 Å². The molecular weight excluding hydrogens is 162 g/mol. The van der Waals surface area contributed by atoms with Gasteiger partial charge in [-0.2, -0.15) is 0 Å². The number of hydrogen-bond acceptors (Lipinski definition) is 2. The van der Waals surface area contributed by atoms with Crippen molar-refractivity contribution in [1.29, 1.82) is 0 Å². The van der Waals surface area contributed by atoms with E-state index in [2.05, 4.69) is 11.8 Å². The molecule has 1 saturated heterocycles. The van der Waals surface area contributed by atoms with Crippen LogP contribution in [0.15, 0.2) is 0 Å². The first-order valence-corrected chi connectivity index (χ1v) is 5.51. The van der Waals surface area contributed by atoms with Crippen molar-refractivity contribution in [2.75, 3.05) is 13.1 Å². The molecule has 2 fully saturated rings. The predicted molar refractivity (Wildman–Crippen MR) is 52.6 cm³/mol. The van der Waals surface area contributed by atoms with Gasteiger partial charge in [-0.1, -0.05) is 12.8 Å². The summed E-state index contributed by atoms with van der Waals surface area (Å²) in [5.41, 5.74) is 0. The zero-order valence-electron chi connectivity index (χ0n) is 8.46. The van der Waals surface area contributed by atoms with Crippen molar-refractivity contribution in [2.24, 2.45) is 5.92 Å². The first-order chi connectivity index (χ1) is 6.25. The van der Waals surface area contributed by atoms with Gasteiger partial charge < -0.3 is 0 Å². The summed E-state index contributed by atoms with van der Waals surface area (Å²) < 4.78 is 0. The molecule has 0 spiro atoms. The third-order valence-electron chi connectivity index (χ3n) is 3.35. The molecular formula is C11H19NO. The van der Waals surface area contributed by atoms with E-state index in [1.165, 1.54) is 19.3 Å². The number of hydrogen-bond donors (Lipinski definition) is 0. The van der Waals surface area contributed by atoms with Gasteiger partial charge in [-0.15, -0.1) is 0 Å². The maximum Gasteiger partial charge on any atom is 0.135 e. The summed E-state index contributed by atoms with van der Waals surface area (Å²) in [6.07, 6.45) is 5.81. The van der Waals surface area contributed by atoms with E-state index < -0.39 is 0 Å². The fourth-order valence-electron chi connectivity index (χ4n) is 2.20. The molecule has 2 rings (SSSR count). The van der Waals surface area contributed by atoms with E-state index in [0.717, 1.165) is 31.8 Å². The quantitative estimate of drug-likeness (QED) is 0.662. The Morgan fingerprint density at radius 2 is 2.00 bits per heavy atom. The van der Waals surface area contributed by atoms with Crippen LogP contribution in [0.1, 0.15) is 39.0 Å². The van der Waals surface area contributed by atoms with Crippen LogP contribution in [-0.4, -0.2) is 29.8 Å². The molecule has 1 aliphatic carbocycles. The third-order valence-corrected chi connectivity index (χ3v) is 3.35. The predicted octanol–water partition coefficient (Wildman–Crippen LogP) is 1.84. The van der Waals surface area contributed by atoms with Gasteiger partial charge in [0.2, 0.25) is 0 Å². The summed E-state index contributed by atoms with van der Waals surface area (Å²) in [7, 11) is 0. The van der Waals surface area contributed by atoms with Crippen molar-refractivity contribution >= 4 is 5.78 Å². The van der Waals surface area contributed by atoms with Crippen molar-refractivity contribution in [2.45, 2.75) is 45.1 Å². The van der Waals surface area contributed by atoms with Crippen molar-refractivity contribution in [1.82, 2.24) is 4.90 Å². The Balaban J connectivity index is 1.75. The van der Waals surface area contributed by atoms with Crippen LogP contribution in [0.25, 0.3) is 0 Å². The molecule has 1 aliphatic heterocycles. The normalized spacial score (nSPS) is 27.6. The first kappa shape index (κ1) is 9.20. The van der Waals surface area contributed by atoms with Crippen molar-refractivity contribution < 1.29 is 4.79 Å². The van der Waals surface area contributed by atoms with Crippen LogP contribution in [0.3, 0.4) is 0 Å². The van der Waals surface area contributed by atoms with Gasteiger partial charge in [0.05, 0.1) is 0 Å². The number of carbonyl (C=O) groups is 1. The maximum absolute atomic E-state index is 11.0. The van der Waals surface area contributed by atoms with Gasteiger partial charge >= 0.3 is 0 Å². The van der Waals surface area contributed by atoms with E-state index in [1.807, 2.05) is 0 Å². The minimum Gasteiger partial charge on any atom is -0.300 e. The van der Waals surface area contributed by atoms with E-state index >= 15 is 0 Å². The monoisotopic (exact) mass is 181 g/mol. The van der Waals surface area contributed by atoms with Crippen LogP contribution in [0.4, 0.5) is 0 Å². The number of rotatable bonds is 3. The van der Waals surface area contributed by atoms with Crippen molar-refractivity contribution in [3.8, 4) is 0 Å². The van der Waals surface area contributed by atoms with Crippen LogP contribution in [0, 0.1) is 5.92 Å². The molecule has 2 aliphatic rings. The van der Waals surface area contributed by atoms with Crippen LogP contribution >= 0.6 is 0 Å². The van der Waals surface area contributed by atoms with Gasteiger partial charge in [-0.3, -0.25) is 9.69 Å². The second-order valence-corrected chi connectivity index (χ2v) is 4.60. The van der Waals surface area contributed by atoms with E-state index in [0.29, 0.717) is 11.8 Å². The Hall–Kier alpha value is -0.370. The molecule has 1 saturated carbocycles. The topological polar surface area (TPSA) is 20.3 Å². The average Bonchev–Trinajstić information content (AvgIpc) is 2.89. The molecule has 1 heterocycles. The smallest absolute Gasteiger partial charge is 0.135 e. The number of piperidine rings is 1. The number of likely N-dealkylation sites (tertiary alicyclic amines) is 1. The van der Waals surface area contributed by atoms with Gasteiger partial charge in [0.1, 0.15) is 5.78 Å². The van der Waals surface area contributed by atoms with Crippen molar-refractivity contribution in [3.05, 3.63) is 0 Å². The summed E-state index contributed by atoms with van der Waals surface area (Å²) in [5.74, 6) is 1.46. The Labute approximate surface area is 80.3 Å². The minimum atomic E-state index is 0.454. The Kier molecular flexibility index (Phi) is 2.68. The lowest BCUT2D eigenvalue weighted by atomic mass is 10.0.